The maximum Gasteiger partial charge on any atom is 0.410 e. The molecule has 0 bridgehead atoms. The Morgan fingerprint density at radius 1 is 1.11 bits per heavy atom. The number of nitrogens with zero attached hydrogens (tertiary/aromatic N) is 4. The van der Waals surface area contributed by atoms with E-state index in [1.165, 1.54) is 11.1 Å². The van der Waals surface area contributed by atoms with Gasteiger partial charge in [0.1, 0.15) is 17.1 Å². The molecule has 13 heteroatoms. The molecule has 3 aliphatic rings. The number of hydrogen-bond donors (Lipinski definition) is 2. The maximum absolute atomic E-state index is 14.8. The summed E-state index contributed by atoms with van der Waals surface area (Å²) in [5.74, 6) is 5.08. The first-order chi connectivity index (χ1) is 22.3. The third kappa shape index (κ3) is 8.94. The normalized spacial score (nSPS) is 23.3. The minimum atomic E-state index is -0.705. The highest BCUT2D eigenvalue weighted by molar-refractivity contribution is 5.94. The zero-order valence-corrected chi connectivity index (χ0v) is 28.6. The van der Waals surface area contributed by atoms with Crippen molar-refractivity contribution in [2.45, 2.75) is 77.9 Å². The van der Waals surface area contributed by atoms with E-state index in [-0.39, 0.29) is 29.9 Å². The summed E-state index contributed by atoms with van der Waals surface area (Å²) >= 11 is 0. The largest absolute Gasteiger partial charge is 0.444 e. The molecule has 0 aromatic heterocycles. The molecule has 2 saturated heterocycles. The van der Waals surface area contributed by atoms with Gasteiger partial charge in [-0.05, 0) is 71.4 Å². The number of hydrogen-bond acceptors (Lipinski definition) is 9. The predicted molar refractivity (Wildman–Crippen MR) is 176 cm³/mol. The number of piperidine rings is 1. The summed E-state index contributed by atoms with van der Waals surface area (Å²) in [6, 6.07) is 5.83. The molecule has 1 saturated carbocycles. The van der Waals surface area contributed by atoms with Crippen LogP contribution < -0.4 is 16.6 Å². The van der Waals surface area contributed by atoms with Crippen LogP contribution in [0.2, 0.25) is 0 Å². The number of ether oxygens (including phenoxy) is 3. The highest BCUT2D eigenvalue weighted by atomic mass is 19.1. The Balaban J connectivity index is 1.64. The fourth-order valence-corrected chi connectivity index (χ4v) is 6.79. The van der Waals surface area contributed by atoms with Crippen LogP contribution >= 0.6 is 0 Å². The van der Waals surface area contributed by atoms with Gasteiger partial charge < -0.3 is 34.6 Å². The number of para-hydroxylation sites is 1. The van der Waals surface area contributed by atoms with Crippen LogP contribution in [-0.2, 0) is 23.8 Å². The van der Waals surface area contributed by atoms with Crippen LogP contribution in [0.25, 0.3) is 0 Å². The van der Waals surface area contributed by atoms with E-state index in [1.54, 1.807) is 35.1 Å². The molecule has 1 aromatic carbocycles. The minimum Gasteiger partial charge on any atom is -0.444 e. The number of hydrazine groups is 1. The Morgan fingerprint density at radius 3 is 2.45 bits per heavy atom. The quantitative estimate of drug-likeness (QED) is 0.149. The van der Waals surface area contributed by atoms with Gasteiger partial charge in [0.15, 0.2) is 0 Å². The lowest BCUT2D eigenvalue weighted by molar-refractivity contribution is -0.142. The molecule has 2 heterocycles. The van der Waals surface area contributed by atoms with Crippen molar-refractivity contribution in [1.82, 2.24) is 14.7 Å². The van der Waals surface area contributed by atoms with E-state index in [9.17, 15) is 18.8 Å². The lowest BCUT2D eigenvalue weighted by atomic mass is 9.84. The van der Waals surface area contributed by atoms with Gasteiger partial charge >= 0.3 is 6.09 Å². The number of benzene rings is 1. The van der Waals surface area contributed by atoms with Crippen molar-refractivity contribution in [3.8, 4) is 0 Å². The molecule has 1 aliphatic carbocycles. The van der Waals surface area contributed by atoms with E-state index in [4.69, 9.17) is 25.8 Å². The number of amides is 3. The van der Waals surface area contributed by atoms with Crippen molar-refractivity contribution in [3.63, 3.8) is 0 Å². The molecule has 1 unspecified atom stereocenters. The summed E-state index contributed by atoms with van der Waals surface area (Å²) in [5.41, 5.74) is 5.83. The number of methoxy groups -OCH3 is 1. The second-order valence-electron chi connectivity index (χ2n) is 13.9. The lowest BCUT2D eigenvalue weighted by Gasteiger charge is -2.41. The average Bonchev–Trinajstić information content (AvgIpc) is 3.72. The highest BCUT2D eigenvalue weighted by Gasteiger charge is 2.62. The van der Waals surface area contributed by atoms with Gasteiger partial charge in [-0.3, -0.25) is 14.6 Å². The Morgan fingerprint density at radius 2 is 1.81 bits per heavy atom. The topological polar surface area (TPSA) is 144 Å². The summed E-state index contributed by atoms with van der Waals surface area (Å²) < 4.78 is 31.2. The molecular weight excluding hydrogens is 607 g/mol. The van der Waals surface area contributed by atoms with Crippen molar-refractivity contribution in [3.05, 3.63) is 41.5 Å². The first-order valence-electron chi connectivity index (χ1n) is 16.7. The first kappa shape index (κ1) is 36.4. The summed E-state index contributed by atoms with van der Waals surface area (Å²) in [6.07, 6.45) is 3.00. The molecule has 3 fully saturated rings. The van der Waals surface area contributed by atoms with Crippen molar-refractivity contribution in [2.24, 2.45) is 22.9 Å². The zero-order chi connectivity index (χ0) is 34.4. The molecule has 0 radical (unpaired) electrons. The van der Waals surface area contributed by atoms with E-state index in [2.05, 4.69) is 0 Å². The number of allylic oxidation sites excluding steroid dienone is 1. The fraction of sp³-hybridized carbons (Fsp3) is 0.676. The number of nitrogens with two attached hydrogens (primary N) is 2. The highest BCUT2D eigenvalue weighted by Crippen LogP contribution is 2.57. The number of unbranched alkanes of at least 4 members (excludes halogenated alkanes) is 1. The van der Waals surface area contributed by atoms with Gasteiger partial charge in [-0.2, -0.15) is 0 Å². The Hall–Kier alpha value is -3.42. The number of carbonyl (C=O) groups excluding carboxylic acids is 3. The standard InChI is InChI=1S/C34H53FN6O6/c1-6-14-40(31(43)29(36)27(13-9-10-17-45-5)41(37)26-12-8-7-11-25(26)35)28-21-34(28)20-24(30(42)38-15-18-46-19-16-38)22-39(23-34)32(44)47-33(2,3)4/h7-8,11-12,24,28H,6,9-10,13-23,36-37H2,1-5H3/b29-27-/t24-,28?,34-/m1/s1. The fourth-order valence-electron chi connectivity index (χ4n) is 6.79. The van der Waals surface area contributed by atoms with Crippen LogP contribution in [0.5, 0.6) is 0 Å². The van der Waals surface area contributed by atoms with Gasteiger partial charge in [0.2, 0.25) is 5.91 Å². The summed E-state index contributed by atoms with van der Waals surface area (Å²) in [4.78, 5) is 46.7. The molecule has 1 spiro atoms. The number of likely N-dealkylation sites (tertiary alicyclic amines) is 1. The molecule has 3 atom stereocenters. The summed E-state index contributed by atoms with van der Waals surface area (Å²) in [5, 5.41) is 1.17. The third-order valence-electron chi connectivity index (χ3n) is 9.13. The van der Waals surface area contributed by atoms with Crippen LogP contribution in [0.3, 0.4) is 0 Å². The van der Waals surface area contributed by atoms with E-state index in [0.717, 1.165) is 0 Å². The van der Waals surface area contributed by atoms with E-state index in [0.29, 0.717) is 90.2 Å². The zero-order valence-electron chi connectivity index (χ0n) is 28.6. The molecule has 1 aromatic rings. The molecule has 47 heavy (non-hydrogen) atoms. The lowest BCUT2D eigenvalue weighted by Crippen LogP contribution is -2.54. The second-order valence-corrected chi connectivity index (χ2v) is 13.9. The molecular formula is C34H53FN6O6. The molecule has 2 aliphatic heterocycles. The van der Waals surface area contributed by atoms with Crippen molar-refractivity contribution < 1.29 is 33.0 Å². The van der Waals surface area contributed by atoms with Gasteiger partial charge in [-0.15, -0.1) is 0 Å². The first-order valence-corrected chi connectivity index (χ1v) is 16.7. The van der Waals surface area contributed by atoms with Crippen LogP contribution in [-0.4, -0.2) is 104 Å². The SMILES string of the molecule is CCCN(C(=O)/C(N)=C(\CCCCOC)N(N)c1ccccc1F)C1C[C@@]12C[C@@H](C(=O)N1CCOCC1)CN(C(=O)OC(C)(C)C)C2. The Bertz CT molecular complexity index is 1300. The number of halogens is 1. The van der Waals surface area contributed by atoms with Crippen LogP contribution in [0.15, 0.2) is 35.7 Å². The predicted octanol–water partition coefficient (Wildman–Crippen LogP) is 3.61. The smallest absolute Gasteiger partial charge is 0.410 e. The van der Waals surface area contributed by atoms with Crippen LogP contribution in [0, 0.1) is 17.2 Å². The number of carbonyl (C=O) groups is 3. The molecule has 12 nitrogen and oxygen atoms in total. The Kier molecular flexibility index (Phi) is 12.1. The van der Waals surface area contributed by atoms with E-state index >= 15 is 0 Å². The van der Waals surface area contributed by atoms with Crippen molar-refractivity contribution in [1.29, 1.82) is 0 Å². The van der Waals surface area contributed by atoms with Gasteiger partial charge in [0.25, 0.3) is 5.91 Å². The molecule has 4 rings (SSSR count). The number of morpholine rings is 1. The van der Waals surface area contributed by atoms with Gasteiger partial charge in [-0.25, -0.2) is 15.0 Å². The van der Waals surface area contributed by atoms with Crippen LogP contribution in [0.4, 0.5) is 14.9 Å². The van der Waals surface area contributed by atoms with Gasteiger partial charge in [-0.1, -0.05) is 19.1 Å². The van der Waals surface area contributed by atoms with Crippen LogP contribution in [0.1, 0.15) is 66.2 Å². The summed E-state index contributed by atoms with van der Waals surface area (Å²) in [6.45, 7) is 10.9. The van der Waals surface area contributed by atoms with E-state index < -0.39 is 34.8 Å². The maximum atomic E-state index is 14.8. The number of anilines is 1. The molecule has 3 amide bonds. The van der Waals surface area contributed by atoms with Crippen molar-refractivity contribution in [2.75, 3.05) is 64.7 Å². The minimum absolute atomic E-state index is 0.0126. The van der Waals surface area contributed by atoms with Gasteiger partial charge in [0, 0.05) is 57.9 Å². The monoisotopic (exact) mass is 660 g/mol. The molecule has 262 valence electrons. The number of rotatable bonds is 12. The average molecular weight is 661 g/mol. The van der Waals surface area contributed by atoms with Crippen molar-refractivity contribution >= 4 is 23.6 Å². The van der Waals surface area contributed by atoms with Gasteiger partial charge in [0.05, 0.1) is 30.5 Å². The van der Waals surface area contributed by atoms with E-state index in [1.807, 2.05) is 32.6 Å². The third-order valence-corrected chi connectivity index (χ3v) is 9.13. The Labute approximate surface area is 278 Å². The second kappa shape index (κ2) is 15.7. The molecule has 4 N–H and O–H groups in total. The summed E-state index contributed by atoms with van der Waals surface area (Å²) in [7, 11) is 1.62.